The molecule has 5 heteroatoms. The predicted molar refractivity (Wildman–Crippen MR) is 109 cm³/mol. The van der Waals surface area contributed by atoms with Crippen LogP contribution in [0.5, 0.6) is 0 Å². The molecule has 0 radical (unpaired) electrons. The summed E-state index contributed by atoms with van der Waals surface area (Å²) in [5.41, 5.74) is 2.97. The van der Waals surface area contributed by atoms with E-state index in [1.807, 2.05) is 40.7 Å². The molecule has 28 heavy (non-hydrogen) atoms. The van der Waals surface area contributed by atoms with Gasteiger partial charge in [-0.05, 0) is 48.2 Å². The van der Waals surface area contributed by atoms with Crippen LogP contribution in [0.4, 0.5) is 0 Å². The molecule has 0 aromatic heterocycles. The van der Waals surface area contributed by atoms with Crippen LogP contribution in [0, 0.1) is 0 Å². The monoisotopic (exact) mass is 388 g/mol. The molecular formula is C23H20N2O2S. The van der Waals surface area contributed by atoms with Crippen LogP contribution in [0.1, 0.15) is 33.9 Å². The average molecular weight is 388 g/mol. The fourth-order valence-electron chi connectivity index (χ4n) is 4.14. The number of aryl methyl sites for hydroxylation is 1. The molecule has 0 N–H and O–H groups in total. The normalized spacial score (nSPS) is 24.4. The fraction of sp³-hybridized carbons (Fsp3) is 0.174. The van der Waals surface area contributed by atoms with E-state index in [4.69, 9.17) is 0 Å². The highest BCUT2D eigenvalue weighted by atomic mass is 32.2. The Morgan fingerprint density at radius 2 is 1.54 bits per heavy atom. The highest BCUT2D eigenvalue weighted by Gasteiger charge is 2.57. The van der Waals surface area contributed by atoms with Gasteiger partial charge in [0.2, 0.25) is 0 Å². The van der Waals surface area contributed by atoms with Crippen LogP contribution in [-0.4, -0.2) is 20.5 Å². The molecule has 1 aliphatic heterocycles. The molecule has 0 saturated carbocycles. The Morgan fingerprint density at radius 1 is 0.893 bits per heavy atom. The van der Waals surface area contributed by atoms with E-state index in [9.17, 15) is 9.00 Å². The fourth-order valence-corrected chi connectivity index (χ4v) is 6.52. The van der Waals surface area contributed by atoms with Gasteiger partial charge in [-0.2, -0.15) is 4.31 Å². The molecule has 3 aromatic rings. The summed E-state index contributed by atoms with van der Waals surface area (Å²) < 4.78 is 20.5. The second kappa shape index (κ2) is 6.69. The van der Waals surface area contributed by atoms with Crippen molar-refractivity contribution in [2.75, 3.05) is 0 Å². The number of fused-ring (bicyclic) bond motifs is 3. The first kappa shape index (κ1) is 17.3. The Balaban J connectivity index is 1.63. The van der Waals surface area contributed by atoms with Crippen LogP contribution in [0.15, 0.2) is 94.2 Å². The quantitative estimate of drug-likeness (QED) is 0.614. The molecular weight excluding hydrogens is 368 g/mol. The summed E-state index contributed by atoms with van der Waals surface area (Å²) >= 11 is 0. The molecule has 4 atom stereocenters. The van der Waals surface area contributed by atoms with E-state index in [0.29, 0.717) is 10.5 Å². The van der Waals surface area contributed by atoms with E-state index < -0.39 is 15.8 Å². The molecule has 1 saturated heterocycles. The smallest absolute Gasteiger partial charge is 0.266 e. The molecule has 4 nitrogen and oxygen atoms in total. The van der Waals surface area contributed by atoms with Crippen molar-refractivity contribution in [3.05, 3.63) is 102 Å². The number of hydrogen-bond acceptors (Lipinski definition) is 2. The van der Waals surface area contributed by atoms with Crippen LogP contribution >= 0.6 is 0 Å². The first-order chi connectivity index (χ1) is 13.7. The van der Waals surface area contributed by atoms with E-state index in [1.165, 1.54) is 11.1 Å². The molecule has 1 heterocycles. The molecule has 3 aromatic carbocycles. The van der Waals surface area contributed by atoms with Crippen molar-refractivity contribution < 1.29 is 9.00 Å². The van der Waals surface area contributed by atoms with Crippen molar-refractivity contribution >= 4 is 15.8 Å². The molecule has 0 bridgehead atoms. The Hall–Kier alpha value is -2.76. The first-order valence-corrected chi connectivity index (χ1v) is 10.9. The SMILES string of the molecule is O=C(N=S(=O)(c1ccccc1)N1C2CCc3ccccc3[C@H]21)c1ccccc1. The number of hydrogen-bond donors (Lipinski definition) is 0. The summed E-state index contributed by atoms with van der Waals surface area (Å²) in [7, 11) is -3.04. The minimum atomic E-state index is -3.04. The van der Waals surface area contributed by atoms with Gasteiger partial charge in [0.15, 0.2) is 0 Å². The number of nitrogens with zero attached hydrogens (tertiary/aromatic N) is 2. The van der Waals surface area contributed by atoms with E-state index in [1.54, 1.807) is 36.4 Å². The number of amides is 1. The van der Waals surface area contributed by atoms with Crippen molar-refractivity contribution in [1.82, 2.24) is 4.31 Å². The van der Waals surface area contributed by atoms with Gasteiger partial charge < -0.3 is 0 Å². The standard InChI is InChI=1S/C23H20N2O2S/c26-23(18-10-3-1-4-11-18)24-28(27,19-12-5-2-6-13-19)25-21-16-15-17-9-7-8-14-20(17)22(21)25/h1-14,21-22H,15-16H2/t21?,22-,25?,28?/m1/s1. The largest absolute Gasteiger partial charge is 0.286 e. The lowest BCUT2D eigenvalue weighted by molar-refractivity contribution is 0.100. The van der Waals surface area contributed by atoms with Crippen molar-refractivity contribution in [3.8, 4) is 0 Å². The van der Waals surface area contributed by atoms with E-state index >= 15 is 0 Å². The van der Waals surface area contributed by atoms with Crippen molar-refractivity contribution in [1.29, 1.82) is 0 Å². The summed E-state index contributed by atoms with van der Waals surface area (Å²) in [5.74, 6) is -0.439. The lowest BCUT2D eigenvalue weighted by Gasteiger charge is -2.13. The number of rotatable bonds is 3. The first-order valence-electron chi connectivity index (χ1n) is 9.46. The second-order valence-electron chi connectivity index (χ2n) is 7.18. The van der Waals surface area contributed by atoms with Crippen LogP contribution in [-0.2, 0) is 16.3 Å². The highest BCUT2D eigenvalue weighted by molar-refractivity contribution is 7.92. The van der Waals surface area contributed by atoms with Gasteiger partial charge in [-0.25, -0.2) is 4.21 Å². The third-order valence-corrected chi connectivity index (χ3v) is 7.89. The maximum absolute atomic E-state index is 14.2. The van der Waals surface area contributed by atoms with Gasteiger partial charge in [-0.15, -0.1) is 4.36 Å². The zero-order valence-corrected chi connectivity index (χ0v) is 16.1. The van der Waals surface area contributed by atoms with Gasteiger partial charge in [0.25, 0.3) is 5.91 Å². The minimum Gasteiger partial charge on any atom is -0.266 e. The van der Waals surface area contributed by atoms with Gasteiger partial charge in [0.1, 0.15) is 9.92 Å². The molecule has 3 unspecified atom stereocenters. The Labute approximate surface area is 165 Å². The molecule has 140 valence electrons. The average Bonchev–Trinajstić information content (AvgIpc) is 3.51. The minimum absolute atomic E-state index is 0.0602. The van der Waals surface area contributed by atoms with E-state index in [-0.39, 0.29) is 12.1 Å². The van der Waals surface area contributed by atoms with Gasteiger partial charge in [0, 0.05) is 11.6 Å². The van der Waals surface area contributed by atoms with Crippen LogP contribution < -0.4 is 0 Å². The topological polar surface area (TPSA) is 49.5 Å². The molecule has 5 rings (SSSR count). The summed E-state index contributed by atoms with van der Waals surface area (Å²) in [5, 5.41) is 0. The lowest BCUT2D eigenvalue weighted by Crippen LogP contribution is -2.17. The molecule has 1 aliphatic carbocycles. The summed E-state index contributed by atoms with van der Waals surface area (Å²) in [6, 6.07) is 26.6. The van der Waals surface area contributed by atoms with Gasteiger partial charge in [-0.3, -0.25) is 4.79 Å². The Morgan fingerprint density at radius 3 is 2.29 bits per heavy atom. The summed E-state index contributed by atoms with van der Waals surface area (Å²) in [4.78, 5) is 13.4. The molecule has 1 fully saturated rings. The zero-order valence-electron chi connectivity index (χ0n) is 15.3. The van der Waals surface area contributed by atoms with Crippen LogP contribution in [0.25, 0.3) is 0 Å². The summed E-state index contributed by atoms with van der Waals surface area (Å²) in [6.45, 7) is 0. The van der Waals surface area contributed by atoms with Crippen molar-refractivity contribution in [3.63, 3.8) is 0 Å². The number of carbonyl (C=O) groups is 1. The van der Waals surface area contributed by atoms with Crippen LogP contribution in [0.3, 0.4) is 0 Å². The third kappa shape index (κ3) is 2.79. The molecule has 1 amide bonds. The van der Waals surface area contributed by atoms with Gasteiger partial charge >= 0.3 is 0 Å². The zero-order chi connectivity index (χ0) is 19.1. The van der Waals surface area contributed by atoms with Gasteiger partial charge in [0.05, 0.1) is 10.9 Å². The predicted octanol–water partition coefficient (Wildman–Crippen LogP) is 4.64. The maximum Gasteiger partial charge on any atom is 0.286 e. The third-order valence-electron chi connectivity index (χ3n) is 5.52. The Kier molecular flexibility index (Phi) is 4.14. The number of benzene rings is 3. The molecule has 2 aliphatic rings. The second-order valence-corrected chi connectivity index (χ2v) is 9.25. The van der Waals surface area contributed by atoms with Crippen LogP contribution in [0.2, 0.25) is 0 Å². The summed E-state index contributed by atoms with van der Waals surface area (Å²) in [6.07, 6.45) is 1.89. The van der Waals surface area contributed by atoms with E-state index in [2.05, 4.69) is 16.5 Å². The highest BCUT2D eigenvalue weighted by Crippen LogP contribution is 2.54. The van der Waals surface area contributed by atoms with Crippen molar-refractivity contribution in [2.45, 2.75) is 29.8 Å². The Bertz CT molecular complexity index is 1150. The lowest BCUT2D eigenvalue weighted by atomic mass is 9.92. The van der Waals surface area contributed by atoms with Crippen molar-refractivity contribution in [2.24, 2.45) is 4.36 Å². The van der Waals surface area contributed by atoms with E-state index in [0.717, 1.165) is 12.8 Å². The maximum atomic E-state index is 14.2. The van der Waals surface area contributed by atoms with Gasteiger partial charge in [-0.1, -0.05) is 60.7 Å². The molecule has 0 spiro atoms. The number of carbonyl (C=O) groups excluding carboxylic acids is 1.